The molecule has 0 aliphatic heterocycles. The number of hydrogen-bond acceptors (Lipinski definition) is 4. The van der Waals surface area contributed by atoms with Crippen LogP contribution in [0.2, 0.25) is 64.5 Å². The summed E-state index contributed by atoms with van der Waals surface area (Å²) in [6, 6.07) is 1.11. The SMILES string of the molecule is C[Si](C)(C)O[Si](C)(O)CC[Si](C)(O)O[Si](C)(C)C. The van der Waals surface area contributed by atoms with Crippen molar-refractivity contribution in [3.8, 4) is 0 Å². The molecule has 0 aromatic heterocycles. The highest BCUT2D eigenvalue weighted by Gasteiger charge is 2.39. The molecule has 0 saturated heterocycles. The van der Waals surface area contributed by atoms with E-state index >= 15 is 0 Å². The van der Waals surface area contributed by atoms with E-state index in [0.29, 0.717) is 12.1 Å². The molecular weight excluding hydrogens is 296 g/mol. The van der Waals surface area contributed by atoms with E-state index in [1.807, 2.05) is 13.1 Å². The van der Waals surface area contributed by atoms with Gasteiger partial charge in [0, 0.05) is 0 Å². The Morgan fingerprint density at radius 3 is 1.00 bits per heavy atom. The maximum atomic E-state index is 10.3. The molecule has 2 atom stereocenters. The molecule has 0 aromatic rings. The first-order valence-electron chi connectivity index (χ1n) is 6.47. The molecule has 18 heavy (non-hydrogen) atoms. The van der Waals surface area contributed by atoms with Crippen molar-refractivity contribution in [2.24, 2.45) is 0 Å². The van der Waals surface area contributed by atoms with Crippen LogP contribution in [-0.2, 0) is 8.23 Å². The standard InChI is InChI=1S/C10H30O4Si4/c1-15(2,3)13-17(7,11)9-10-18(8,12)14-16(4,5)6/h11-12H,9-10H2,1-8H3. The summed E-state index contributed by atoms with van der Waals surface area (Å²) in [6.07, 6.45) is 0. The fourth-order valence-corrected chi connectivity index (χ4v) is 17.0. The minimum atomic E-state index is -2.65. The fraction of sp³-hybridized carbons (Fsp3) is 1.00. The lowest BCUT2D eigenvalue weighted by Gasteiger charge is -2.33. The van der Waals surface area contributed by atoms with Gasteiger partial charge in [0.15, 0.2) is 16.6 Å². The zero-order valence-electron chi connectivity index (χ0n) is 13.1. The van der Waals surface area contributed by atoms with Crippen molar-refractivity contribution in [1.82, 2.24) is 0 Å². The van der Waals surface area contributed by atoms with Gasteiger partial charge in [0.05, 0.1) is 0 Å². The maximum absolute atomic E-state index is 10.3. The van der Waals surface area contributed by atoms with Crippen LogP contribution < -0.4 is 0 Å². The van der Waals surface area contributed by atoms with Crippen LogP contribution in [-0.4, -0.2) is 43.3 Å². The zero-order chi connectivity index (χ0) is 14.8. The normalized spacial score (nSPS) is 20.3. The van der Waals surface area contributed by atoms with Crippen LogP contribution in [0.4, 0.5) is 0 Å². The summed E-state index contributed by atoms with van der Waals surface area (Å²) >= 11 is 0. The highest BCUT2D eigenvalue weighted by atomic mass is 28.4. The van der Waals surface area contributed by atoms with Crippen molar-refractivity contribution in [1.29, 1.82) is 0 Å². The quantitative estimate of drug-likeness (QED) is 0.706. The van der Waals surface area contributed by atoms with E-state index in [2.05, 4.69) is 39.3 Å². The Hall–Kier alpha value is 0.708. The van der Waals surface area contributed by atoms with Crippen molar-refractivity contribution in [2.75, 3.05) is 0 Å². The first-order valence-corrected chi connectivity index (χ1v) is 18.4. The highest BCUT2D eigenvalue weighted by molar-refractivity contribution is 6.84. The van der Waals surface area contributed by atoms with Crippen LogP contribution in [0.5, 0.6) is 0 Å². The van der Waals surface area contributed by atoms with E-state index in [-0.39, 0.29) is 0 Å². The smallest absolute Gasteiger partial charge is 0.321 e. The second-order valence-electron chi connectivity index (χ2n) is 7.28. The Morgan fingerprint density at radius 1 is 0.611 bits per heavy atom. The molecule has 0 heterocycles. The van der Waals surface area contributed by atoms with Gasteiger partial charge >= 0.3 is 17.1 Å². The predicted octanol–water partition coefficient (Wildman–Crippen LogP) is 2.82. The first kappa shape index (κ1) is 18.7. The number of hydrogen-bond donors (Lipinski definition) is 2. The average molecular weight is 327 g/mol. The van der Waals surface area contributed by atoms with Gasteiger partial charge in [-0.3, -0.25) is 0 Å². The van der Waals surface area contributed by atoms with Crippen molar-refractivity contribution in [3.63, 3.8) is 0 Å². The molecule has 0 amide bonds. The fourth-order valence-electron chi connectivity index (χ4n) is 1.89. The molecule has 0 aliphatic carbocycles. The lowest BCUT2D eigenvalue weighted by molar-refractivity contribution is 0.359. The second-order valence-corrected chi connectivity index (χ2v) is 23.1. The van der Waals surface area contributed by atoms with Crippen LogP contribution in [0.1, 0.15) is 0 Å². The highest BCUT2D eigenvalue weighted by Crippen LogP contribution is 2.24. The summed E-state index contributed by atoms with van der Waals surface area (Å²) in [6.45, 7) is 16.1. The van der Waals surface area contributed by atoms with E-state index in [1.165, 1.54) is 0 Å². The molecule has 110 valence electrons. The van der Waals surface area contributed by atoms with E-state index in [0.717, 1.165) is 0 Å². The van der Waals surface area contributed by atoms with Crippen LogP contribution in [0.3, 0.4) is 0 Å². The molecule has 0 bridgehead atoms. The molecule has 0 rings (SSSR count). The molecule has 0 spiro atoms. The zero-order valence-corrected chi connectivity index (χ0v) is 17.1. The lowest BCUT2D eigenvalue weighted by Crippen LogP contribution is -2.49. The second kappa shape index (κ2) is 6.00. The van der Waals surface area contributed by atoms with Crippen molar-refractivity contribution < 1.29 is 17.8 Å². The molecule has 0 saturated carbocycles. The van der Waals surface area contributed by atoms with Crippen LogP contribution in [0.15, 0.2) is 0 Å². The van der Waals surface area contributed by atoms with Gasteiger partial charge in [-0.1, -0.05) is 0 Å². The third-order valence-corrected chi connectivity index (χ3v) is 13.4. The van der Waals surface area contributed by atoms with E-state index in [9.17, 15) is 9.59 Å². The summed E-state index contributed by atoms with van der Waals surface area (Å²) in [4.78, 5) is 20.7. The first-order chi connectivity index (χ1) is 7.62. The third kappa shape index (κ3) is 10.6. The molecule has 0 fully saturated rings. The lowest BCUT2D eigenvalue weighted by atomic mass is 10.9. The van der Waals surface area contributed by atoms with Gasteiger partial charge in [-0.15, -0.1) is 0 Å². The molecule has 0 radical (unpaired) electrons. The van der Waals surface area contributed by atoms with Crippen molar-refractivity contribution >= 4 is 33.8 Å². The molecular formula is C10H30O4Si4. The third-order valence-electron chi connectivity index (χ3n) is 2.10. The molecule has 0 aliphatic rings. The Bertz CT molecular complexity index is 240. The minimum Gasteiger partial charge on any atom is -0.436 e. The summed E-state index contributed by atoms with van der Waals surface area (Å²) in [5, 5.41) is 0. The van der Waals surface area contributed by atoms with Gasteiger partial charge in [0.1, 0.15) is 0 Å². The Labute approximate surface area is 116 Å². The molecule has 4 nitrogen and oxygen atoms in total. The van der Waals surface area contributed by atoms with E-state index in [4.69, 9.17) is 8.23 Å². The molecule has 8 heteroatoms. The average Bonchev–Trinajstić information content (AvgIpc) is 1.91. The number of rotatable bonds is 7. The summed E-state index contributed by atoms with van der Waals surface area (Å²) in [7, 11) is -8.75. The Morgan fingerprint density at radius 2 is 0.833 bits per heavy atom. The van der Waals surface area contributed by atoms with Crippen molar-refractivity contribution in [2.45, 2.75) is 64.5 Å². The van der Waals surface area contributed by atoms with E-state index in [1.54, 1.807) is 0 Å². The summed E-state index contributed by atoms with van der Waals surface area (Å²) < 4.78 is 11.7. The molecule has 2 unspecified atom stereocenters. The van der Waals surface area contributed by atoms with E-state index < -0.39 is 33.8 Å². The predicted molar refractivity (Wildman–Crippen MR) is 86.1 cm³/mol. The topological polar surface area (TPSA) is 58.9 Å². The monoisotopic (exact) mass is 326 g/mol. The Balaban J connectivity index is 4.38. The molecule has 2 N–H and O–H groups in total. The van der Waals surface area contributed by atoms with Gasteiger partial charge in [-0.2, -0.15) is 0 Å². The van der Waals surface area contributed by atoms with Gasteiger partial charge in [-0.05, 0) is 64.5 Å². The van der Waals surface area contributed by atoms with Gasteiger partial charge in [0.2, 0.25) is 0 Å². The van der Waals surface area contributed by atoms with Gasteiger partial charge in [0.25, 0.3) is 0 Å². The largest absolute Gasteiger partial charge is 0.436 e. The van der Waals surface area contributed by atoms with Gasteiger partial charge < -0.3 is 17.8 Å². The Kier molecular flexibility index (Phi) is 6.23. The van der Waals surface area contributed by atoms with Crippen molar-refractivity contribution in [3.05, 3.63) is 0 Å². The maximum Gasteiger partial charge on any atom is 0.321 e. The summed E-state index contributed by atoms with van der Waals surface area (Å²) in [5.74, 6) is 0. The van der Waals surface area contributed by atoms with Gasteiger partial charge in [-0.25, -0.2) is 0 Å². The van der Waals surface area contributed by atoms with Crippen LogP contribution in [0.25, 0.3) is 0 Å². The summed E-state index contributed by atoms with van der Waals surface area (Å²) in [5.41, 5.74) is 0. The van der Waals surface area contributed by atoms with Crippen LogP contribution in [0, 0.1) is 0 Å². The minimum absolute atomic E-state index is 0.557. The van der Waals surface area contributed by atoms with Crippen LogP contribution >= 0.6 is 0 Å². The molecule has 0 aromatic carbocycles.